The normalized spacial score (nSPS) is 22.2. The van der Waals surface area contributed by atoms with Gasteiger partial charge in [0.2, 0.25) is 0 Å². The Labute approximate surface area is 123 Å². The van der Waals surface area contributed by atoms with Crippen LogP contribution in [0.15, 0.2) is 36.4 Å². The maximum atomic E-state index is 5.93. The van der Waals surface area contributed by atoms with Crippen LogP contribution in [-0.2, 0) is 6.54 Å². The molecule has 1 fully saturated rings. The molecule has 3 rings (SSSR count). The molecule has 1 aliphatic carbocycles. The molecule has 0 saturated heterocycles. The second-order valence-corrected chi connectivity index (χ2v) is 7.16. The van der Waals surface area contributed by atoms with E-state index in [1.54, 1.807) is 11.3 Å². The van der Waals surface area contributed by atoms with Crippen molar-refractivity contribution in [1.82, 2.24) is 5.32 Å². The van der Waals surface area contributed by atoms with Gasteiger partial charge in [-0.3, -0.25) is 0 Å². The van der Waals surface area contributed by atoms with Crippen molar-refractivity contribution in [3.63, 3.8) is 0 Å². The average Bonchev–Trinajstić information content (AvgIpc) is 2.75. The quantitative estimate of drug-likeness (QED) is 0.857. The van der Waals surface area contributed by atoms with E-state index in [2.05, 4.69) is 42.6 Å². The second-order valence-electron chi connectivity index (χ2n) is 5.36. The van der Waals surface area contributed by atoms with Crippen molar-refractivity contribution < 1.29 is 0 Å². The Kier molecular flexibility index (Phi) is 3.92. The summed E-state index contributed by atoms with van der Waals surface area (Å²) in [4.78, 5) is 1.32. The molecule has 0 bridgehead atoms. The second kappa shape index (κ2) is 5.66. The van der Waals surface area contributed by atoms with Crippen LogP contribution in [0.2, 0.25) is 4.34 Å². The van der Waals surface area contributed by atoms with Gasteiger partial charge in [0, 0.05) is 17.5 Å². The number of thiophene rings is 1. The number of nitrogens with one attached hydrogen (secondary N) is 1. The molecule has 0 aliphatic heterocycles. The minimum absolute atomic E-state index is 0.659. The van der Waals surface area contributed by atoms with E-state index in [0.29, 0.717) is 6.04 Å². The fraction of sp³-hybridized carbons (Fsp3) is 0.375. The van der Waals surface area contributed by atoms with E-state index in [1.807, 2.05) is 6.07 Å². The zero-order valence-corrected chi connectivity index (χ0v) is 12.6. The summed E-state index contributed by atoms with van der Waals surface area (Å²) in [5, 5.41) is 3.61. The molecule has 100 valence electrons. The van der Waals surface area contributed by atoms with Gasteiger partial charge in [-0.15, -0.1) is 11.3 Å². The molecule has 0 unspecified atom stereocenters. The summed E-state index contributed by atoms with van der Waals surface area (Å²) in [6.07, 6.45) is 2.50. The zero-order chi connectivity index (χ0) is 13.2. The standard InChI is InChI=1S/C16H18ClNS/c1-11-2-4-12(5-3-11)13-8-14(9-13)18-10-15-6-7-16(17)19-15/h2-7,13-14,18H,8-10H2,1H3. The fourth-order valence-electron chi connectivity index (χ4n) is 2.59. The molecule has 1 saturated carbocycles. The maximum absolute atomic E-state index is 5.93. The van der Waals surface area contributed by atoms with Crippen molar-refractivity contribution in [3.8, 4) is 0 Å². The third-order valence-electron chi connectivity index (χ3n) is 3.88. The summed E-state index contributed by atoms with van der Waals surface area (Å²) in [5.41, 5.74) is 2.83. The summed E-state index contributed by atoms with van der Waals surface area (Å²) in [5.74, 6) is 0.741. The van der Waals surface area contributed by atoms with Crippen LogP contribution in [-0.4, -0.2) is 6.04 Å². The smallest absolute Gasteiger partial charge is 0.0931 e. The first-order valence-electron chi connectivity index (χ1n) is 6.75. The Morgan fingerprint density at radius 2 is 1.89 bits per heavy atom. The van der Waals surface area contributed by atoms with E-state index < -0.39 is 0 Å². The third-order valence-corrected chi connectivity index (χ3v) is 5.11. The molecule has 2 aromatic rings. The largest absolute Gasteiger partial charge is 0.309 e. The van der Waals surface area contributed by atoms with Crippen molar-refractivity contribution in [2.24, 2.45) is 0 Å². The third kappa shape index (κ3) is 3.19. The molecule has 0 spiro atoms. The number of hydrogen-bond acceptors (Lipinski definition) is 2. The van der Waals surface area contributed by atoms with Crippen molar-refractivity contribution in [2.45, 2.75) is 38.3 Å². The van der Waals surface area contributed by atoms with Crippen LogP contribution in [0, 0.1) is 6.92 Å². The number of rotatable bonds is 4. The van der Waals surface area contributed by atoms with Crippen LogP contribution < -0.4 is 5.32 Å². The summed E-state index contributed by atoms with van der Waals surface area (Å²) in [6.45, 7) is 3.09. The molecular weight excluding hydrogens is 274 g/mol. The van der Waals surface area contributed by atoms with Crippen LogP contribution in [0.25, 0.3) is 0 Å². The molecular formula is C16H18ClNS. The van der Waals surface area contributed by atoms with E-state index in [-0.39, 0.29) is 0 Å². The Morgan fingerprint density at radius 3 is 2.53 bits per heavy atom. The van der Waals surface area contributed by atoms with Crippen LogP contribution >= 0.6 is 22.9 Å². The lowest BCUT2D eigenvalue weighted by atomic mass is 9.76. The van der Waals surface area contributed by atoms with E-state index in [9.17, 15) is 0 Å². The van der Waals surface area contributed by atoms with E-state index in [1.165, 1.54) is 28.8 Å². The minimum atomic E-state index is 0.659. The van der Waals surface area contributed by atoms with Crippen molar-refractivity contribution in [2.75, 3.05) is 0 Å². The lowest BCUT2D eigenvalue weighted by Gasteiger charge is -2.36. The summed E-state index contributed by atoms with van der Waals surface area (Å²) in [7, 11) is 0. The van der Waals surface area contributed by atoms with Gasteiger partial charge in [-0.05, 0) is 43.4 Å². The van der Waals surface area contributed by atoms with Gasteiger partial charge in [-0.2, -0.15) is 0 Å². The highest BCUT2D eigenvalue weighted by molar-refractivity contribution is 7.16. The average molecular weight is 292 g/mol. The molecule has 0 atom stereocenters. The Hall–Kier alpha value is -0.830. The van der Waals surface area contributed by atoms with Crippen molar-refractivity contribution >= 4 is 22.9 Å². The first kappa shape index (κ1) is 13.2. The van der Waals surface area contributed by atoms with Crippen LogP contribution in [0.4, 0.5) is 0 Å². The van der Waals surface area contributed by atoms with Gasteiger partial charge < -0.3 is 5.32 Å². The molecule has 1 aromatic carbocycles. The molecule has 0 radical (unpaired) electrons. The van der Waals surface area contributed by atoms with Gasteiger partial charge in [0.25, 0.3) is 0 Å². The molecule has 1 N–H and O–H groups in total. The van der Waals surface area contributed by atoms with E-state index in [0.717, 1.165) is 16.8 Å². The van der Waals surface area contributed by atoms with Gasteiger partial charge in [-0.25, -0.2) is 0 Å². The summed E-state index contributed by atoms with van der Waals surface area (Å²) >= 11 is 7.60. The van der Waals surface area contributed by atoms with Gasteiger partial charge in [-0.1, -0.05) is 41.4 Å². The lowest BCUT2D eigenvalue weighted by Crippen LogP contribution is -2.39. The summed E-state index contributed by atoms with van der Waals surface area (Å²) in [6, 6.07) is 13.7. The van der Waals surface area contributed by atoms with Crippen LogP contribution in [0.3, 0.4) is 0 Å². The topological polar surface area (TPSA) is 12.0 Å². The first-order chi connectivity index (χ1) is 9.20. The predicted octanol–water partition coefficient (Wildman–Crippen LogP) is 4.75. The van der Waals surface area contributed by atoms with E-state index in [4.69, 9.17) is 11.6 Å². The zero-order valence-electron chi connectivity index (χ0n) is 11.0. The molecule has 1 aliphatic rings. The molecule has 1 aromatic heterocycles. The number of aryl methyl sites for hydroxylation is 1. The molecule has 3 heteroatoms. The van der Waals surface area contributed by atoms with Gasteiger partial charge >= 0.3 is 0 Å². The summed E-state index contributed by atoms with van der Waals surface area (Å²) < 4.78 is 0.878. The highest BCUT2D eigenvalue weighted by atomic mass is 35.5. The molecule has 1 nitrogen and oxygen atoms in total. The van der Waals surface area contributed by atoms with Crippen molar-refractivity contribution in [1.29, 1.82) is 0 Å². The van der Waals surface area contributed by atoms with Crippen LogP contribution in [0.1, 0.15) is 34.8 Å². The Bertz CT molecular complexity index is 540. The van der Waals surface area contributed by atoms with Gasteiger partial charge in [0.15, 0.2) is 0 Å². The highest BCUT2D eigenvalue weighted by Gasteiger charge is 2.29. The minimum Gasteiger partial charge on any atom is -0.309 e. The SMILES string of the molecule is Cc1ccc(C2CC(NCc3ccc(Cl)s3)C2)cc1. The number of hydrogen-bond donors (Lipinski definition) is 1. The van der Waals surface area contributed by atoms with Crippen LogP contribution in [0.5, 0.6) is 0 Å². The molecule has 19 heavy (non-hydrogen) atoms. The molecule has 0 amide bonds. The lowest BCUT2D eigenvalue weighted by molar-refractivity contribution is 0.290. The molecule has 1 heterocycles. The van der Waals surface area contributed by atoms with Gasteiger partial charge in [0.05, 0.1) is 4.34 Å². The van der Waals surface area contributed by atoms with E-state index >= 15 is 0 Å². The highest BCUT2D eigenvalue weighted by Crippen LogP contribution is 2.37. The first-order valence-corrected chi connectivity index (χ1v) is 7.94. The van der Waals surface area contributed by atoms with Crippen molar-refractivity contribution in [3.05, 3.63) is 56.7 Å². The number of halogens is 1. The fourth-order valence-corrected chi connectivity index (χ4v) is 3.63. The monoisotopic (exact) mass is 291 g/mol. The predicted molar refractivity (Wildman–Crippen MR) is 83.1 cm³/mol. The number of benzene rings is 1. The Balaban J connectivity index is 1.46. The Morgan fingerprint density at radius 1 is 1.16 bits per heavy atom. The maximum Gasteiger partial charge on any atom is 0.0931 e. The van der Waals surface area contributed by atoms with Gasteiger partial charge in [0.1, 0.15) is 0 Å².